The first-order chi connectivity index (χ1) is 9.10. The summed E-state index contributed by atoms with van der Waals surface area (Å²) in [5, 5.41) is 8.73. The molecular weight excluding hydrogens is 246 g/mol. The van der Waals surface area contributed by atoms with E-state index in [9.17, 15) is 9.59 Å². The fourth-order valence-corrected chi connectivity index (χ4v) is 1.72. The Balaban J connectivity index is 2.14. The Morgan fingerprint density at radius 2 is 1.95 bits per heavy atom. The molecule has 19 heavy (non-hydrogen) atoms. The summed E-state index contributed by atoms with van der Waals surface area (Å²) < 4.78 is 5.29. The third kappa shape index (κ3) is 3.08. The Morgan fingerprint density at radius 3 is 2.47 bits per heavy atom. The number of carboxylic acids is 1. The number of hydrogen-bond donors (Lipinski definition) is 2. The van der Waals surface area contributed by atoms with E-state index < -0.39 is 12.0 Å². The predicted molar refractivity (Wildman–Crippen MR) is 68.8 cm³/mol. The first-order valence-corrected chi connectivity index (χ1v) is 5.73. The van der Waals surface area contributed by atoms with Gasteiger partial charge in [-0.25, -0.2) is 0 Å². The van der Waals surface area contributed by atoms with Crippen molar-refractivity contribution in [1.29, 1.82) is 0 Å². The van der Waals surface area contributed by atoms with Crippen LogP contribution in [0.4, 0.5) is 0 Å². The quantitative estimate of drug-likeness (QED) is 0.797. The lowest BCUT2D eigenvalue weighted by atomic mass is 10.0. The van der Waals surface area contributed by atoms with Crippen LogP contribution in [0.1, 0.15) is 16.1 Å². The third-order valence-corrected chi connectivity index (χ3v) is 2.75. The molecule has 0 aliphatic rings. The van der Waals surface area contributed by atoms with Gasteiger partial charge in [0, 0.05) is 5.56 Å². The van der Waals surface area contributed by atoms with Gasteiger partial charge in [0.05, 0.1) is 0 Å². The molecule has 0 fully saturated rings. The molecule has 0 bridgehead atoms. The van der Waals surface area contributed by atoms with Crippen LogP contribution in [0.25, 0.3) is 11.3 Å². The van der Waals surface area contributed by atoms with Crippen molar-refractivity contribution in [2.75, 3.05) is 0 Å². The molecule has 0 unspecified atom stereocenters. The van der Waals surface area contributed by atoms with Crippen LogP contribution in [0.3, 0.4) is 0 Å². The zero-order chi connectivity index (χ0) is 13.8. The number of carbonyl (C=O) groups is 2. The largest absolute Gasteiger partial charge is 0.480 e. The second kappa shape index (κ2) is 5.49. The van der Waals surface area contributed by atoms with Gasteiger partial charge in [0.2, 0.25) is 0 Å². The smallest absolute Gasteiger partial charge is 0.320 e. The van der Waals surface area contributed by atoms with Crippen molar-refractivity contribution in [3.8, 4) is 11.3 Å². The number of rotatable bonds is 5. The third-order valence-electron chi connectivity index (χ3n) is 2.75. The Morgan fingerprint density at radius 1 is 1.26 bits per heavy atom. The molecule has 0 aliphatic heterocycles. The van der Waals surface area contributed by atoms with Gasteiger partial charge in [-0.1, -0.05) is 24.3 Å². The minimum atomic E-state index is -1.02. The molecule has 1 aromatic carbocycles. The summed E-state index contributed by atoms with van der Waals surface area (Å²) in [5.41, 5.74) is 7.12. The van der Waals surface area contributed by atoms with E-state index in [1.165, 1.54) is 0 Å². The van der Waals surface area contributed by atoms with E-state index >= 15 is 0 Å². The molecule has 98 valence electrons. The number of aldehydes is 1. The molecule has 1 atom stereocenters. The second-order valence-corrected chi connectivity index (χ2v) is 4.17. The van der Waals surface area contributed by atoms with Crippen LogP contribution in [0.15, 0.2) is 40.8 Å². The van der Waals surface area contributed by atoms with Gasteiger partial charge >= 0.3 is 5.97 Å². The number of aliphatic carboxylic acids is 1. The number of hydrogen-bond acceptors (Lipinski definition) is 4. The molecule has 0 saturated carbocycles. The Kier molecular flexibility index (Phi) is 3.77. The van der Waals surface area contributed by atoms with E-state index in [-0.39, 0.29) is 12.2 Å². The van der Waals surface area contributed by atoms with Crippen LogP contribution in [-0.2, 0) is 11.2 Å². The average molecular weight is 259 g/mol. The van der Waals surface area contributed by atoms with Crippen LogP contribution in [0.5, 0.6) is 0 Å². The SMILES string of the molecule is N[C@H](Cc1ccc(-c2ccc(C=O)o2)cc1)C(=O)O. The highest BCUT2D eigenvalue weighted by atomic mass is 16.4. The topological polar surface area (TPSA) is 93.5 Å². The number of nitrogens with two attached hydrogens (primary N) is 1. The lowest BCUT2D eigenvalue weighted by Gasteiger charge is -2.06. The highest BCUT2D eigenvalue weighted by Gasteiger charge is 2.12. The molecule has 5 heteroatoms. The van der Waals surface area contributed by atoms with Crippen molar-refractivity contribution in [3.05, 3.63) is 47.7 Å². The van der Waals surface area contributed by atoms with Crippen molar-refractivity contribution < 1.29 is 19.1 Å². The molecule has 1 aromatic heterocycles. The van der Waals surface area contributed by atoms with E-state index in [2.05, 4.69) is 0 Å². The molecule has 5 nitrogen and oxygen atoms in total. The number of carbonyl (C=O) groups excluding carboxylic acids is 1. The maximum Gasteiger partial charge on any atom is 0.320 e. The summed E-state index contributed by atoms with van der Waals surface area (Å²) in [7, 11) is 0. The van der Waals surface area contributed by atoms with Crippen LogP contribution in [-0.4, -0.2) is 23.4 Å². The van der Waals surface area contributed by atoms with Crippen molar-refractivity contribution in [1.82, 2.24) is 0 Å². The van der Waals surface area contributed by atoms with E-state index in [1.54, 1.807) is 36.4 Å². The van der Waals surface area contributed by atoms with Crippen LogP contribution in [0.2, 0.25) is 0 Å². The van der Waals surface area contributed by atoms with E-state index in [0.717, 1.165) is 11.1 Å². The van der Waals surface area contributed by atoms with Gasteiger partial charge in [0.25, 0.3) is 0 Å². The fourth-order valence-electron chi connectivity index (χ4n) is 1.72. The standard InChI is InChI=1S/C14H13NO4/c15-12(14(17)18)7-9-1-3-10(4-2-9)13-6-5-11(8-16)19-13/h1-6,8,12H,7,15H2,(H,17,18)/t12-/m1/s1. The Hall–Kier alpha value is -2.40. The van der Waals surface area contributed by atoms with Gasteiger partial charge in [-0.05, 0) is 24.1 Å². The summed E-state index contributed by atoms with van der Waals surface area (Å²) in [4.78, 5) is 21.2. The number of carboxylic acid groups (broad SMARTS) is 1. The summed E-state index contributed by atoms with van der Waals surface area (Å²) in [6, 6.07) is 9.59. The molecule has 0 aliphatic carbocycles. The molecular formula is C14H13NO4. The monoisotopic (exact) mass is 259 g/mol. The van der Waals surface area contributed by atoms with Crippen LogP contribution < -0.4 is 5.73 Å². The minimum absolute atomic E-state index is 0.270. The van der Waals surface area contributed by atoms with Gasteiger partial charge in [-0.15, -0.1) is 0 Å². The molecule has 1 heterocycles. The highest BCUT2D eigenvalue weighted by molar-refractivity contribution is 5.74. The van der Waals surface area contributed by atoms with Crippen molar-refractivity contribution >= 4 is 12.3 Å². The van der Waals surface area contributed by atoms with Gasteiger partial charge in [-0.3, -0.25) is 9.59 Å². The summed E-state index contributed by atoms with van der Waals surface area (Å²) >= 11 is 0. The van der Waals surface area contributed by atoms with E-state index in [0.29, 0.717) is 12.0 Å². The summed E-state index contributed by atoms with van der Waals surface area (Å²) in [6.45, 7) is 0. The van der Waals surface area contributed by atoms with E-state index in [1.807, 2.05) is 0 Å². The van der Waals surface area contributed by atoms with E-state index in [4.69, 9.17) is 15.3 Å². The van der Waals surface area contributed by atoms with Gasteiger partial charge in [0.15, 0.2) is 12.0 Å². The molecule has 0 radical (unpaired) electrons. The van der Waals surface area contributed by atoms with Crippen LogP contribution in [0, 0.1) is 0 Å². The Labute approximate surface area is 109 Å². The number of benzene rings is 1. The van der Waals surface area contributed by atoms with Gasteiger partial charge in [0.1, 0.15) is 11.8 Å². The van der Waals surface area contributed by atoms with Crippen molar-refractivity contribution in [2.24, 2.45) is 5.73 Å². The average Bonchev–Trinajstić information content (AvgIpc) is 2.88. The maximum absolute atomic E-state index is 10.7. The first kappa shape index (κ1) is 13.0. The Bertz CT molecular complexity index is 586. The maximum atomic E-state index is 10.7. The second-order valence-electron chi connectivity index (χ2n) is 4.17. The van der Waals surface area contributed by atoms with Crippen molar-refractivity contribution in [3.63, 3.8) is 0 Å². The van der Waals surface area contributed by atoms with Gasteiger partial charge < -0.3 is 15.3 Å². The molecule has 2 rings (SSSR count). The number of furan rings is 1. The zero-order valence-corrected chi connectivity index (χ0v) is 10.1. The molecule has 3 N–H and O–H groups in total. The van der Waals surface area contributed by atoms with Gasteiger partial charge in [-0.2, -0.15) is 0 Å². The zero-order valence-electron chi connectivity index (χ0n) is 10.1. The highest BCUT2D eigenvalue weighted by Crippen LogP contribution is 2.22. The van der Waals surface area contributed by atoms with Crippen molar-refractivity contribution in [2.45, 2.75) is 12.5 Å². The molecule has 2 aromatic rings. The summed E-state index contributed by atoms with van der Waals surface area (Å²) in [6.07, 6.45) is 0.914. The lowest BCUT2D eigenvalue weighted by Crippen LogP contribution is -2.32. The predicted octanol–water partition coefficient (Wildman–Crippen LogP) is 1.71. The molecule has 0 saturated heterocycles. The normalized spacial score (nSPS) is 12.1. The molecule has 0 spiro atoms. The summed E-state index contributed by atoms with van der Waals surface area (Å²) in [5.74, 6) is -0.158. The van der Waals surface area contributed by atoms with Crippen LogP contribution >= 0.6 is 0 Å². The molecule has 0 amide bonds. The minimum Gasteiger partial charge on any atom is -0.480 e. The lowest BCUT2D eigenvalue weighted by molar-refractivity contribution is -0.138. The first-order valence-electron chi connectivity index (χ1n) is 5.73. The fraction of sp³-hybridized carbons (Fsp3) is 0.143.